The third-order valence-corrected chi connectivity index (χ3v) is 7.62. The summed E-state index contributed by atoms with van der Waals surface area (Å²) in [5, 5.41) is 15.7. The topological polar surface area (TPSA) is 73.9 Å². The van der Waals surface area contributed by atoms with E-state index in [0.717, 1.165) is 23.4 Å². The summed E-state index contributed by atoms with van der Waals surface area (Å²) in [6.07, 6.45) is 4.23. The van der Waals surface area contributed by atoms with Gasteiger partial charge in [-0.1, -0.05) is 82.9 Å². The number of hydrogen-bond donors (Lipinski definition) is 1. The highest BCUT2D eigenvalue weighted by Gasteiger charge is 2.40. The van der Waals surface area contributed by atoms with Gasteiger partial charge in [0.2, 0.25) is 0 Å². The molecule has 0 bridgehead atoms. The molecule has 0 spiro atoms. The third-order valence-electron chi connectivity index (χ3n) is 7.11. The van der Waals surface area contributed by atoms with Crippen molar-refractivity contribution in [3.63, 3.8) is 0 Å². The molecule has 1 aliphatic heterocycles. The van der Waals surface area contributed by atoms with Crippen molar-refractivity contribution in [2.75, 3.05) is 57.9 Å². The second kappa shape index (κ2) is 12.5. The van der Waals surface area contributed by atoms with Crippen molar-refractivity contribution in [2.45, 2.75) is 28.6 Å². The molecule has 206 valence electrons. The molecule has 2 aliphatic rings. The van der Waals surface area contributed by atoms with E-state index >= 15 is 0 Å². The molecular formula is C28H34Cl3N3O4. The summed E-state index contributed by atoms with van der Waals surface area (Å²) in [5.41, 5.74) is 2.63. The fraction of sp³-hybridized carbons (Fsp3) is 0.464. The highest BCUT2D eigenvalue weighted by molar-refractivity contribution is 6.76. The smallest absolute Gasteiger partial charge is 0.272 e. The summed E-state index contributed by atoms with van der Waals surface area (Å²) in [7, 11) is 2.02. The number of carbonyl (C=O) groups excluding carboxylic acids is 1. The maximum absolute atomic E-state index is 12.7. The minimum Gasteiger partial charge on any atom is -0.633 e. The van der Waals surface area contributed by atoms with Gasteiger partial charge in [0.25, 0.3) is 9.70 Å². The molecule has 1 saturated heterocycles. The molecule has 1 heterocycles. The van der Waals surface area contributed by atoms with Crippen LogP contribution in [0.1, 0.15) is 18.4 Å². The Hall–Kier alpha value is -2.00. The lowest BCUT2D eigenvalue weighted by Gasteiger charge is -2.44. The number of halogens is 3. The van der Waals surface area contributed by atoms with Crippen LogP contribution in [0.15, 0.2) is 66.2 Å². The van der Waals surface area contributed by atoms with Gasteiger partial charge in [-0.05, 0) is 37.0 Å². The van der Waals surface area contributed by atoms with Crippen molar-refractivity contribution in [1.29, 1.82) is 0 Å². The predicted octanol–water partition coefficient (Wildman–Crippen LogP) is 5.03. The van der Waals surface area contributed by atoms with Gasteiger partial charge < -0.3 is 29.5 Å². The largest absolute Gasteiger partial charge is 0.633 e. The molecule has 1 N–H and O–H groups in total. The van der Waals surface area contributed by atoms with Gasteiger partial charge in [-0.25, -0.2) is 0 Å². The van der Waals surface area contributed by atoms with Crippen LogP contribution in [0.4, 0.5) is 5.69 Å². The first-order valence-electron chi connectivity index (χ1n) is 12.8. The number of nitrogens with zero attached hydrogens (tertiary/aromatic N) is 2. The molecule has 2 aromatic carbocycles. The van der Waals surface area contributed by atoms with Crippen molar-refractivity contribution in [2.24, 2.45) is 0 Å². The van der Waals surface area contributed by atoms with Gasteiger partial charge in [-0.15, -0.1) is 0 Å². The number of ether oxygens (including phenoxy) is 2. The van der Waals surface area contributed by atoms with E-state index in [-0.39, 0.29) is 4.65 Å². The summed E-state index contributed by atoms with van der Waals surface area (Å²) < 4.78 is 8.92. The van der Waals surface area contributed by atoms with Crippen molar-refractivity contribution < 1.29 is 18.9 Å². The summed E-state index contributed by atoms with van der Waals surface area (Å²) in [6.45, 7) is 3.36. The number of rotatable bonds is 10. The molecular weight excluding hydrogens is 549 g/mol. The van der Waals surface area contributed by atoms with Crippen LogP contribution in [0.2, 0.25) is 0 Å². The van der Waals surface area contributed by atoms with E-state index in [1.807, 2.05) is 61.6 Å². The van der Waals surface area contributed by atoms with Gasteiger partial charge in [-0.3, -0.25) is 4.79 Å². The van der Waals surface area contributed by atoms with Gasteiger partial charge in [0, 0.05) is 25.3 Å². The van der Waals surface area contributed by atoms with E-state index in [0.29, 0.717) is 58.8 Å². The molecule has 1 unspecified atom stereocenters. The highest BCUT2D eigenvalue weighted by atomic mass is 35.6. The normalized spacial score (nSPS) is 21.0. The maximum atomic E-state index is 12.7. The molecule has 2 aromatic rings. The Morgan fingerprint density at radius 1 is 1.16 bits per heavy atom. The average Bonchev–Trinajstić information content (AvgIpc) is 3.26. The van der Waals surface area contributed by atoms with Crippen LogP contribution in [-0.2, 0) is 16.0 Å². The van der Waals surface area contributed by atoms with Crippen molar-refractivity contribution >= 4 is 46.4 Å². The first-order chi connectivity index (χ1) is 18.1. The number of carbonyl (C=O) groups is 1. The standard InChI is InChI=1S/C28H34Cl3N3O4/c1-33(24-8-5-9-25(18-24)38-17-14-34(36)12-15-37-16-13-34)21-23-10-11-27(20-23,32-26(35)28(29,30)31)19-22-6-3-2-4-7-22/h2-9,18,20H,10-17,19,21H2,1H3,(H,32,35). The van der Waals surface area contributed by atoms with Gasteiger partial charge >= 0.3 is 0 Å². The van der Waals surface area contributed by atoms with Gasteiger partial charge in [0.05, 0.1) is 18.8 Å². The average molecular weight is 583 g/mol. The number of likely N-dealkylation sites (N-methyl/N-ethyl adjacent to an activating group) is 1. The molecule has 1 atom stereocenters. The molecule has 1 fully saturated rings. The van der Waals surface area contributed by atoms with Crippen molar-refractivity contribution in [3.05, 3.63) is 77.0 Å². The second-order valence-electron chi connectivity index (χ2n) is 10.1. The molecule has 7 nitrogen and oxygen atoms in total. The van der Waals surface area contributed by atoms with E-state index in [1.54, 1.807) is 0 Å². The minimum atomic E-state index is -2.03. The number of morpholine rings is 1. The number of anilines is 1. The quantitative estimate of drug-likeness (QED) is 0.184. The van der Waals surface area contributed by atoms with Gasteiger partial charge in [0.15, 0.2) is 0 Å². The lowest BCUT2D eigenvalue weighted by Crippen LogP contribution is -2.52. The molecule has 38 heavy (non-hydrogen) atoms. The molecule has 0 radical (unpaired) electrons. The van der Waals surface area contributed by atoms with Crippen LogP contribution in [0.3, 0.4) is 0 Å². The number of nitrogens with one attached hydrogen (secondary N) is 1. The Morgan fingerprint density at radius 3 is 2.61 bits per heavy atom. The van der Waals surface area contributed by atoms with Crippen LogP contribution in [0, 0.1) is 5.21 Å². The van der Waals surface area contributed by atoms with Crippen LogP contribution >= 0.6 is 34.8 Å². The molecule has 1 amide bonds. The van der Waals surface area contributed by atoms with Crippen molar-refractivity contribution in [1.82, 2.24) is 5.32 Å². The van der Waals surface area contributed by atoms with Crippen LogP contribution in [0.5, 0.6) is 5.75 Å². The summed E-state index contributed by atoms with van der Waals surface area (Å²) in [4.78, 5) is 14.8. The Morgan fingerprint density at radius 2 is 1.89 bits per heavy atom. The first-order valence-corrected chi connectivity index (χ1v) is 13.9. The van der Waals surface area contributed by atoms with E-state index in [2.05, 4.69) is 16.3 Å². The maximum Gasteiger partial charge on any atom is 0.272 e. The number of alkyl halides is 3. The molecule has 4 rings (SSSR count). The minimum absolute atomic E-state index is 0.271. The Bertz CT molecular complexity index is 1120. The Labute approximate surface area is 239 Å². The molecule has 0 aromatic heterocycles. The Kier molecular flexibility index (Phi) is 9.50. The predicted molar refractivity (Wildman–Crippen MR) is 153 cm³/mol. The fourth-order valence-electron chi connectivity index (χ4n) is 5.02. The second-order valence-corrected chi connectivity index (χ2v) is 12.4. The van der Waals surface area contributed by atoms with E-state index in [9.17, 15) is 10.0 Å². The molecule has 10 heteroatoms. The van der Waals surface area contributed by atoms with Gasteiger partial charge in [0.1, 0.15) is 32.0 Å². The lowest BCUT2D eigenvalue weighted by molar-refractivity contribution is -0.888. The van der Waals surface area contributed by atoms with Crippen LogP contribution < -0.4 is 15.0 Å². The first kappa shape index (κ1) is 29.0. The number of benzene rings is 2. The zero-order valence-electron chi connectivity index (χ0n) is 21.5. The number of hydrogen-bond acceptors (Lipinski definition) is 5. The number of hydroxylamine groups is 3. The van der Waals surface area contributed by atoms with E-state index in [4.69, 9.17) is 44.3 Å². The summed E-state index contributed by atoms with van der Waals surface area (Å²) >= 11 is 17.7. The lowest BCUT2D eigenvalue weighted by atomic mass is 9.90. The van der Waals surface area contributed by atoms with Crippen molar-refractivity contribution in [3.8, 4) is 5.75 Å². The molecule has 0 saturated carbocycles. The van der Waals surface area contributed by atoms with Crippen LogP contribution in [-0.4, -0.2) is 72.9 Å². The van der Waals surface area contributed by atoms with Crippen LogP contribution in [0.25, 0.3) is 0 Å². The van der Waals surface area contributed by atoms with E-state index < -0.39 is 15.2 Å². The fourth-order valence-corrected chi connectivity index (χ4v) is 5.16. The summed E-state index contributed by atoms with van der Waals surface area (Å²) in [6, 6.07) is 17.8. The number of quaternary nitrogens is 1. The Balaban J connectivity index is 1.41. The third kappa shape index (κ3) is 8.01. The van der Waals surface area contributed by atoms with Gasteiger partial charge in [-0.2, -0.15) is 0 Å². The SMILES string of the molecule is CN(CC1=CC(Cc2ccccc2)(NC(=O)C(Cl)(Cl)Cl)CC1)c1cccc(OCC[N+]2([O-])CCOCC2)c1. The number of amides is 1. The van der Waals surface area contributed by atoms with E-state index in [1.165, 1.54) is 5.57 Å². The highest BCUT2D eigenvalue weighted by Crippen LogP contribution is 2.35. The monoisotopic (exact) mass is 581 g/mol. The zero-order chi connectivity index (χ0) is 27.2. The zero-order valence-corrected chi connectivity index (χ0v) is 23.8. The summed E-state index contributed by atoms with van der Waals surface area (Å²) in [5.74, 6) is 0.0938. The molecule has 1 aliphatic carbocycles.